The summed E-state index contributed by atoms with van der Waals surface area (Å²) >= 11 is 0. The van der Waals surface area contributed by atoms with Gasteiger partial charge in [0.2, 0.25) is 0 Å². The molecule has 3 rings (SSSR count). The molecule has 5 nitrogen and oxygen atoms in total. The zero-order valence-electron chi connectivity index (χ0n) is 12.6. The van der Waals surface area contributed by atoms with E-state index in [-0.39, 0.29) is 5.75 Å². The van der Waals surface area contributed by atoms with Crippen LogP contribution in [0.5, 0.6) is 5.75 Å². The van der Waals surface area contributed by atoms with Crippen molar-refractivity contribution in [3.05, 3.63) is 54.9 Å². The highest BCUT2D eigenvalue weighted by atomic mass is 19.4. The summed E-state index contributed by atoms with van der Waals surface area (Å²) < 4.78 is 41.8. The standard InChI is InChI=1S/C16H13F3N4O/c1-20-12-4-2-11(3-5-12)15-21-10-23(22-15)13-6-8-14(9-7-13)24-16(17,18)19/h2-10,20H,1H3. The predicted octanol–water partition coefficient (Wildman–Crippen LogP) is 3.87. The summed E-state index contributed by atoms with van der Waals surface area (Å²) in [4.78, 5) is 4.22. The van der Waals surface area contributed by atoms with Gasteiger partial charge in [0.15, 0.2) is 5.82 Å². The van der Waals surface area contributed by atoms with Gasteiger partial charge in [-0.1, -0.05) is 0 Å². The van der Waals surface area contributed by atoms with Crippen molar-refractivity contribution in [1.29, 1.82) is 0 Å². The number of rotatable bonds is 4. The first-order valence-electron chi connectivity index (χ1n) is 7.01. The lowest BCUT2D eigenvalue weighted by molar-refractivity contribution is -0.274. The minimum absolute atomic E-state index is 0.283. The maximum atomic E-state index is 12.2. The number of benzene rings is 2. The van der Waals surface area contributed by atoms with Gasteiger partial charge < -0.3 is 10.1 Å². The van der Waals surface area contributed by atoms with E-state index in [9.17, 15) is 13.2 Å². The Morgan fingerprint density at radius 2 is 1.67 bits per heavy atom. The molecule has 3 aromatic rings. The summed E-state index contributed by atoms with van der Waals surface area (Å²) in [5, 5.41) is 7.35. The van der Waals surface area contributed by atoms with Crippen molar-refractivity contribution in [3.8, 4) is 22.8 Å². The molecule has 1 aromatic heterocycles. The van der Waals surface area contributed by atoms with E-state index >= 15 is 0 Å². The molecule has 0 aliphatic heterocycles. The number of alkyl halides is 3. The Labute approximate surface area is 135 Å². The molecule has 1 heterocycles. The highest BCUT2D eigenvalue weighted by Crippen LogP contribution is 2.24. The molecule has 0 spiro atoms. The van der Waals surface area contributed by atoms with Gasteiger partial charge in [-0.15, -0.1) is 18.3 Å². The van der Waals surface area contributed by atoms with E-state index in [1.165, 1.54) is 35.3 Å². The molecule has 0 bridgehead atoms. The molecule has 1 N–H and O–H groups in total. The Balaban J connectivity index is 1.79. The molecule has 0 saturated heterocycles. The summed E-state index contributed by atoms with van der Waals surface area (Å²) in [6, 6.07) is 13.0. The summed E-state index contributed by atoms with van der Waals surface area (Å²) in [5.41, 5.74) is 2.39. The molecule has 124 valence electrons. The van der Waals surface area contributed by atoms with Crippen molar-refractivity contribution < 1.29 is 17.9 Å². The molecule has 0 atom stereocenters. The Morgan fingerprint density at radius 3 is 2.25 bits per heavy atom. The van der Waals surface area contributed by atoms with Crippen LogP contribution in [0.15, 0.2) is 54.9 Å². The van der Waals surface area contributed by atoms with Crippen LogP contribution in [0, 0.1) is 0 Å². The summed E-state index contributed by atoms with van der Waals surface area (Å²) in [6.45, 7) is 0. The van der Waals surface area contributed by atoms with Crippen LogP contribution >= 0.6 is 0 Å². The van der Waals surface area contributed by atoms with Crippen LogP contribution in [0.4, 0.5) is 18.9 Å². The van der Waals surface area contributed by atoms with Crippen LogP contribution in [0.2, 0.25) is 0 Å². The number of ether oxygens (including phenoxy) is 1. The third kappa shape index (κ3) is 3.65. The maximum Gasteiger partial charge on any atom is 0.573 e. The second kappa shape index (κ2) is 6.23. The molecule has 0 aliphatic rings. The van der Waals surface area contributed by atoms with E-state index in [4.69, 9.17) is 0 Å². The molecule has 0 aliphatic carbocycles. The number of nitrogens with one attached hydrogen (secondary N) is 1. The lowest BCUT2D eigenvalue weighted by Crippen LogP contribution is -2.17. The van der Waals surface area contributed by atoms with E-state index in [2.05, 4.69) is 20.1 Å². The van der Waals surface area contributed by atoms with E-state index in [1.807, 2.05) is 31.3 Å². The number of hydrogen-bond donors (Lipinski definition) is 1. The summed E-state index contributed by atoms with van der Waals surface area (Å²) in [5.74, 6) is 0.238. The quantitative estimate of drug-likeness (QED) is 0.787. The Morgan fingerprint density at radius 1 is 1.00 bits per heavy atom. The molecule has 0 fully saturated rings. The van der Waals surface area contributed by atoms with Gasteiger partial charge in [0, 0.05) is 18.3 Å². The van der Waals surface area contributed by atoms with Crippen molar-refractivity contribution in [2.75, 3.05) is 12.4 Å². The molecule has 0 radical (unpaired) electrons. The zero-order chi connectivity index (χ0) is 17.2. The molecule has 2 aromatic carbocycles. The SMILES string of the molecule is CNc1ccc(-c2ncn(-c3ccc(OC(F)(F)F)cc3)n2)cc1. The van der Waals surface area contributed by atoms with Crippen LogP contribution in [0.25, 0.3) is 17.1 Å². The fourth-order valence-electron chi connectivity index (χ4n) is 2.11. The largest absolute Gasteiger partial charge is 0.573 e. The Hall–Kier alpha value is -3.03. The third-order valence-electron chi connectivity index (χ3n) is 3.26. The minimum atomic E-state index is -4.71. The van der Waals surface area contributed by atoms with Gasteiger partial charge in [-0.05, 0) is 48.5 Å². The third-order valence-corrected chi connectivity index (χ3v) is 3.26. The summed E-state index contributed by atoms with van der Waals surface area (Å²) in [7, 11) is 1.83. The van der Waals surface area contributed by atoms with E-state index in [0.29, 0.717) is 11.5 Å². The number of anilines is 1. The average Bonchev–Trinajstić information content (AvgIpc) is 3.04. The molecule has 0 unspecified atom stereocenters. The van der Waals surface area contributed by atoms with Gasteiger partial charge in [-0.3, -0.25) is 0 Å². The smallest absolute Gasteiger partial charge is 0.406 e. The second-order valence-electron chi connectivity index (χ2n) is 4.88. The van der Waals surface area contributed by atoms with Crippen LogP contribution < -0.4 is 10.1 Å². The fourth-order valence-corrected chi connectivity index (χ4v) is 2.11. The molecule has 0 amide bonds. The number of aromatic nitrogens is 3. The maximum absolute atomic E-state index is 12.2. The molecular formula is C16H13F3N4O. The van der Waals surface area contributed by atoms with Crippen LogP contribution in [0.3, 0.4) is 0 Å². The van der Waals surface area contributed by atoms with Crippen LogP contribution in [-0.2, 0) is 0 Å². The van der Waals surface area contributed by atoms with Gasteiger partial charge in [-0.2, -0.15) is 0 Å². The number of nitrogens with zero attached hydrogens (tertiary/aromatic N) is 3. The zero-order valence-corrected chi connectivity index (χ0v) is 12.6. The first-order valence-corrected chi connectivity index (χ1v) is 7.01. The van der Waals surface area contributed by atoms with E-state index in [0.717, 1.165) is 11.3 Å². The predicted molar refractivity (Wildman–Crippen MR) is 83.0 cm³/mol. The molecule has 24 heavy (non-hydrogen) atoms. The number of halogens is 3. The number of hydrogen-bond acceptors (Lipinski definition) is 4. The van der Waals surface area contributed by atoms with Crippen LogP contribution in [-0.4, -0.2) is 28.2 Å². The average molecular weight is 334 g/mol. The van der Waals surface area contributed by atoms with Crippen molar-refractivity contribution in [1.82, 2.24) is 14.8 Å². The highest BCUT2D eigenvalue weighted by molar-refractivity contribution is 5.59. The lowest BCUT2D eigenvalue weighted by atomic mass is 10.2. The van der Waals surface area contributed by atoms with Gasteiger partial charge in [0.25, 0.3) is 0 Å². The first kappa shape index (κ1) is 15.9. The van der Waals surface area contributed by atoms with E-state index in [1.54, 1.807) is 0 Å². The van der Waals surface area contributed by atoms with Gasteiger partial charge in [0.05, 0.1) is 5.69 Å². The minimum Gasteiger partial charge on any atom is -0.406 e. The second-order valence-corrected chi connectivity index (χ2v) is 4.88. The Bertz CT molecular complexity index is 811. The normalized spacial score (nSPS) is 11.3. The Kier molecular flexibility index (Phi) is 4.11. The molecular weight excluding hydrogens is 321 g/mol. The van der Waals surface area contributed by atoms with Gasteiger partial charge in [-0.25, -0.2) is 9.67 Å². The van der Waals surface area contributed by atoms with E-state index < -0.39 is 6.36 Å². The highest BCUT2D eigenvalue weighted by Gasteiger charge is 2.30. The van der Waals surface area contributed by atoms with Crippen molar-refractivity contribution in [2.24, 2.45) is 0 Å². The van der Waals surface area contributed by atoms with Gasteiger partial charge >= 0.3 is 6.36 Å². The summed E-state index contributed by atoms with van der Waals surface area (Å²) in [6.07, 6.45) is -3.21. The van der Waals surface area contributed by atoms with Crippen LogP contribution in [0.1, 0.15) is 0 Å². The molecule has 8 heteroatoms. The van der Waals surface area contributed by atoms with Crippen molar-refractivity contribution >= 4 is 5.69 Å². The monoisotopic (exact) mass is 334 g/mol. The van der Waals surface area contributed by atoms with Crippen molar-refractivity contribution in [3.63, 3.8) is 0 Å². The van der Waals surface area contributed by atoms with Gasteiger partial charge in [0.1, 0.15) is 12.1 Å². The fraction of sp³-hybridized carbons (Fsp3) is 0.125. The van der Waals surface area contributed by atoms with Crippen molar-refractivity contribution in [2.45, 2.75) is 6.36 Å². The lowest BCUT2D eigenvalue weighted by Gasteiger charge is -2.09. The first-order chi connectivity index (χ1) is 11.4. The topological polar surface area (TPSA) is 52.0 Å². The molecule has 0 saturated carbocycles.